The van der Waals surface area contributed by atoms with Gasteiger partial charge in [0.15, 0.2) is 12.8 Å². The van der Waals surface area contributed by atoms with Crippen molar-refractivity contribution in [2.24, 2.45) is 5.92 Å². The van der Waals surface area contributed by atoms with Crippen molar-refractivity contribution in [3.63, 3.8) is 0 Å². The Hall–Kier alpha value is -4.22. The first kappa shape index (κ1) is 34.1. The summed E-state index contributed by atoms with van der Waals surface area (Å²) in [5.74, 6) is 0.972. The van der Waals surface area contributed by atoms with Gasteiger partial charge in [0.05, 0.1) is 31.5 Å². The van der Waals surface area contributed by atoms with Gasteiger partial charge < -0.3 is 24.4 Å². The molecular weight excluding hydrogens is 611 g/mol. The minimum Gasteiger partial charge on any atom is -0.457 e. The number of amides is 2. The summed E-state index contributed by atoms with van der Waals surface area (Å²) in [6, 6.07) is 15.0. The van der Waals surface area contributed by atoms with Crippen LogP contribution in [0.2, 0.25) is 0 Å². The number of carbonyl (C=O) groups excluding carboxylic acids is 2. The van der Waals surface area contributed by atoms with Gasteiger partial charge in [0, 0.05) is 42.7 Å². The smallest absolute Gasteiger partial charge is 0.416 e. The summed E-state index contributed by atoms with van der Waals surface area (Å²) in [5, 5.41) is 2.96. The van der Waals surface area contributed by atoms with E-state index in [1.165, 1.54) is 12.1 Å². The van der Waals surface area contributed by atoms with Crippen LogP contribution in [0.3, 0.4) is 0 Å². The molecule has 3 heterocycles. The summed E-state index contributed by atoms with van der Waals surface area (Å²) < 4.78 is 57.2. The first-order chi connectivity index (χ1) is 22.7. The van der Waals surface area contributed by atoms with Crippen molar-refractivity contribution in [3.05, 3.63) is 88.5 Å². The van der Waals surface area contributed by atoms with Crippen molar-refractivity contribution >= 4 is 23.7 Å². The van der Waals surface area contributed by atoms with Gasteiger partial charge in [-0.15, -0.1) is 0 Å². The minimum absolute atomic E-state index is 0.0561. The molecule has 1 N–H and O–H groups in total. The summed E-state index contributed by atoms with van der Waals surface area (Å²) in [6.45, 7) is 10.2. The van der Waals surface area contributed by atoms with E-state index >= 15 is 0 Å². The molecule has 1 atom stereocenters. The average Bonchev–Trinajstić information content (AvgIpc) is 3.08. The number of rotatable bonds is 8. The molecule has 47 heavy (non-hydrogen) atoms. The van der Waals surface area contributed by atoms with Gasteiger partial charge in [-0.2, -0.15) is 17.7 Å². The maximum atomic E-state index is 13.1. The third-order valence-corrected chi connectivity index (χ3v) is 8.58. The molecule has 3 aliphatic rings. The summed E-state index contributed by atoms with van der Waals surface area (Å²) in [5.41, 5.74) is 3.61. The molecule has 0 aromatic heterocycles. The molecule has 8 nitrogen and oxygen atoms in total. The van der Waals surface area contributed by atoms with Crippen LogP contribution in [0.4, 0.5) is 18.9 Å². The van der Waals surface area contributed by atoms with E-state index in [-0.39, 0.29) is 23.7 Å². The highest BCUT2D eigenvalue weighted by atomic mass is 19.4. The summed E-state index contributed by atoms with van der Waals surface area (Å²) in [7, 11) is 0. The highest BCUT2D eigenvalue weighted by Gasteiger charge is 2.34. The number of hydrogen-bond donors (Lipinski definition) is 1. The van der Waals surface area contributed by atoms with Crippen molar-refractivity contribution in [1.29, 1.82) is 0 Å². The number of nitrogens with one attached hydrogen (secondary N) is 1. The molecule has 2 fully saturated rings. The zero-order valence-corrected chi connectivity index (χ0v) is 26.9. The van der Waals surface area contributed by atoms with Gasteiger partial charge >= 0.3 is 6.18 Å². The number of fused-ring (bicyclic) bond motifs is 1. The lowest BCUT2D eigenvalue weighted by Crippen LogP contribution is -2.41. The van der Waals surface area contributed by atoms with Crippen molar-refractivity contribution in [1.82, 2.24) is 10.2 Å². The number of ether oxygens (including phenoxy) is 3. The van der Waals surface area contributed by atoms with Gasteiger partial charge in [0.25, 0.3) is 11.8 Å². The highest BCUT2D eigenvalue weighted by molar-refractivity contribution is 6.01. The van der Waals surface area contributed by atoms with E-state index in [0.29, 0.717) is 62.2 Å². The Morgan fingerprint density at radius 2 is 1.62 bits per heavy atom. The molecule has 2 amide bonds. The molecule has 3 aromatic carbocycles. The van der Waals surface area contributed by atoms with Gasteiger partial charge in [0.2, 0.25) is 5.69 Å². The first-order valence-electron chi connectivity index (χ1n) is 16.1. The van der Waals surface area contributed by atoms with Crippen LogP contribution in [0.5, 0.6) is 11.5 Å². The van der Waals surface area contributed by atoms with Gasteiger partial charge in [-0.25, -0.2) is 0 Å². The third kappa shape index (κ3) is 8.20. The van der Waals surface area contributed by atoms with Crippen molar-refractivity contribution < 1.29 is 41.5 Å². The van der Waals surface area contributed by atoms with E-state index < -0.39 is 11.7 Å². The van der Waals surface area contributed by atoms with Crippen molar-refractivity contribution in [2.45, 2.75) is 45.9 Å². The molecule has 0 radical (unpaired) electrons. The molecule has 2 saturated heterocycles. The second-order valence-electron chi connectivity index (χ2n) is 11.6. The molecule has 11 heteroatoms. The minimum atomic E-state index is -4.40. The molecule has 0 saturated carbocycles. The lowest BCUT2D eigenvalue weighted by molar-refractivity contribution is -0.456. The molecule has 250 valence electrons. The maximum absolute atomic E-state index is 13.1. The zero-order valence-electron chi connectivity index (χ0n) is 26.9. The Kier molecular flexibility index (Phi) is 11.0. The monoisotopic (exact) mass is 652 g/mol. The predicted octanol–water partition coefficient (Wildman–Crippen LogP) is 6.61. The lowest BCUT2D eigenvalue weighted by atomic mass is 9.92. The third-order valence-electron chi connectivity index (χ3n) is 8.58. The molecule has 3 aromatic rings. The second kappa shape index (κ2) is 15.1. The summed E-state index contributed by atoms with van der Waals surface area (Å²) in [6.07, 6.45) is -0.660. The van der Waals surface area contributed by atoms with E-state index in [4.69, 9.17) is 14.2 Å². The van der Waals surface area contributed by atoms with Crippen LogP contribution in [0, 0.1) is 12.8 Å². The maximum Gasteiger partial charge on any atom is 0.416 e. The fourth-order valence-electron chi connectivity index (χ4n) is 5.93. The fraction of sp³-hybridized carbons (Fsp3) is 0.417. The number of hydrogen-bond acceptors (Lipinski definition) is 5. The largest absolute Gasteiger partial charge is 0.457 e. The van der Waals surface area contributed by atoms with Gasteiger partial charge in [-0.1, -0.05) is 13.8 Å². The number of carbonyl (C=O) groups is 2. The Balaban J connectivity index is 0.00000213. The molecule has 1 unspecified atom stereocenters. The van der Waals surface area contributed by atoms with Crippen LogP contribution >= 0.6 is 0 Å². The Morgan fingerprint density at radius 1 is 0.957 bits per heavy atom. The SMILES string of the molecule is CC.Cc1c(C(=O)NCC2COCCO2)ccc2c1C=[N+]2CC1CCN(C(=O)c2ccc(Oc3ccc(C(F)(F)F)cc3)cc2)CC1. The standard InChI is InChI=1S/C34H34F3N3O5.C2H6/c1-22-29(32(41)38-18-28-21-43-16-17-44-28)10-11-31-30(22)20-40(31)19-23-12-14-39(15-13-23)33(42)24-2-6-26(7-3-24)45-27-8-4-25(5-9-27)34(35,36)37;1-2/h2-11,20,23,28H,12-19,21H2,1H3;1-2H3/p+1. The molecule has 0 aliphatic carbocycles. The number of halogens is 3. The van der Waals surface area contributed by atoms with Gasteiger partial charge in [0.1, 0.15) is 17.1 Å². The second-order valence-corrected chi connectivity index (χ2v) is 11.6. The van der Waals surface area contributed by atoms with Crippen molar-refractivity contribution in [3.8, 4) is 11.5 Å². The lowest BCUT2D eigenvalue weighted by Gasteiger charge is -2.32. The van der Waals surface area contributed by atoms with E-state index in [9.17, 15) is 22.8 Å². The number of piperidine rings is 1. The van der Waals surface area contributed by atoms with Crippen LogP contribution in [0.15, 0.2) is 60.7 Å². The molecule has 3 aliphatic heterocycles. The van der Waals surface area contributed by atoms with E-state index in [0.717, 1.165) is 48.3 Å². The van der Waals surface area contributed by atoms with E-state index in [2.05, 4.69) is 16.1 Å². The number of likely N-dealkylation sites (tertiary alicyclic amines) is 1. The number of benzene rings is 3. The Morgan fingerprint density at radius 3 is 2.23 bits per heavy atom. The summed E-state index contributed by atoms with van der Waals surface area (Å²) in [4.78, 5) is 27.8. The fourth-order valence-corrected chi connectivity index (χ4v) is 5.93. The van der Waals surface area contributed by atoms with Crippen LogP contribution in [-0.2, 0) is 15.7 Å². The average molecular weight is 653 g/mol. The van der Waals surface area contributed by atoms with E-state index in [1.807, 2.05) is 37.8 Å². The predicted molar refractivity (Wildman–Crippen MR) is 172 cm³/mol. The summed E-state index contributed by atoms with van der Waals surface area (Å²) >= 11 is 0. The Bertz CT molecular complexity index is 1580. The normalized spacial score (nSPS) is 17.8. The van der Waals surface area contributed by atoms with Crippen LogP contribution < -0.4 is 10.1 Å². The number of nitrogens with zero attached hydrogens (tertiary/aromatic N) is 2. The van der Waals surface area contributed by atoms with Gasteiger partial charge in [-0.3, -0.25) is 9.59 Å². The first-order valence-corrected chi connectivity index (χ1v) is 16.1. The van der Waals surface area contributed by atoms with Crippen molar-refractivity contribution in [2.75, 3.05) is 46.0 Å². The Labute approximate surface area is 273 Å². The number of alkyl halides is 3. The molecule has 6 rings (SSSR count). The van der Waals surface area contributed by atoms with Gasteiger partial charge in [-0.05, 0) is 79.9 Å². The van der Waals surface area contributed by atoms with E-state index in [1.54, 1.807) is 24.3 Å². The topological polar surface area (TPSA) is 80.1 Å². The molecular formula is C36H41F3N3O5+. The highest BCUT2D eigenvalue weighted by Crippen LogP contribution is 2.33. The zero-order chi connectivity index (χ0) is 33.6. The molecule has 0 spiro atoms. The van der Waals surface area contributed by atoms with Crippen LogP contribution in [-0.4, -0.2) is 79.6 Å². The van der Waals surface area contributed by atoms with Crippen LogP contribution in [0.1, 0.15) is 64.1 Å². The van der Waals surface area contributed by atoms with Crippen LogP contribution in [0.25, 0.3) is 0 Å². The quantitative estimate of drug-likeness (QED) is 0.277. The molecule has 0 bridgehead atoms.